The van der Waals surface area contributed by atoms with Crippen LogP contribution in [0.4, 0.5) is 10.5 Å². The summed E-state index contributed by atoms with van der Waals surface area (Å²) < 4.78 is 29.7. The molecule has 0 aromatic heterocycles. The standard InChI is InChI=1S/C21H18N2O7S2/c1-30-17-10-12-18(13-11-17)32(28,29)21(19(24)22-20(25)31-21)14-4-2-3-5-15-6-8-16(9-7-15)23(26)27/h6-13H,2,4,14H2,1H3,(H,22,24,25). The lowest BCUT2D eigenvalue weighted by molar-refractivity contribution is -0.384. The number of nitro groups is 1. The first-order valence-electron chi connectivity index (χ1n) is 9.36. The Morgan fingerprint density at radius 1 is 1.12 bits per heavy atom. The van der Waals surface area contributed by atoms with Crippen molar-refractivity contribution in [2.75, 3.05) is 7.11 Å². The fraction of sp³-hybridized carbons (Fsp3) is 0.238. The molecule has 2 amide bonds. The van der Waals surface area contributed by atoms with Crippen molar-refractivity contribution in [2.45, 2.75) is 28.2 Å². The summed E-state index contributed by atoms with van der Waals surface area (Å²) in [6, 6.07) is 11.3. The van der Waals surface area contributed by atoms with Crippen molar-refractivity contribution >= 4 is 38.4 Å². The molecule has 2 aromatic carbocycles. The van der Waals surface area contributed by atoms with Crippen LogP contribution < -0.4 is 10.1 Å². The molecule has 2 aromatic rings. The molecule has 1 N–H and O–H groups in total. The van der Waals surface area contributed by atoms with E-state index in [2.05, 4.69) is 17.2 Å². The largest absolute Gasteiger partial charge is 0.497 e. The number of thioether (sulfide) groups is 1. The maximum Gasteiger partial charge on any atom is 0.287 e. The Morgan fingerprint density at radius 3 is 2.31 bits per heavy atom. The number of amides is 2. The van der Waals surface area contributed by atoms with Crippen LogP contribution >= 0.6 is 11.8 Å². The molecule has 0 bridgehead atoms. The second kappa shape index (κ2) is 9.42. The highest BCUT2D eigenvalue weighted by molar-refractivity contribution is 8.25. The summed E-state index contributed by atoms with van der Waals surface area (Å²) in [5.41, 5.74) is 0.523. The summed E-state index contributed by atoms with van der Waals surface area (Å²) in [4.78, 5) is 34.5. The molecule has 0 radical (unpaired) electrons. The molecule has 0 saturated carbocycles. The average Bonchev–Trinajstić information content (AvgIpc) is 3.08. The summed E-state index contributed by atoms with van der Waals surface area (Å²) in [6.45, 7) is 0. The topological polar surface area (TPSA) is 133 Å². The van der Waals surface area contributed by atoms with Crippen LogP contribution in [0.3, 0.4) is 0 Å². The number of imide groups is 1. The number of hydrogen-bond donors (Lipinski definition) is 1. The van der Waals surface area contributed by atoms with Gasteiger partial charge in [-0.25, -0.2) is 8.42 Å². The van der Waals surface area contributed by atoms with Gasteiger partial charge in [0.1, 0.15) is 5.75 Å². The fourth-order valence-electron chi connectivity index (χ4n) is 3.07. The summed E-state index contributed by atoms with van der Waals surface area (Å²) in [5, 5.41) is 12.0. The van der Waals surface area contributed by atoms with E-state index in [1.54, 1.807) is 0 Å². The van der Waals surface area contributed by atoms with Crippen molar-refractivity contribution in [2.24, 2.45) is 0 Å². The SMILES string of the molecule is COc1ccc(S(=O)(=O)C2(CCCC#Cc3ccc([N+](=O)[O-])cc3)SC(=O)NC2=O)cc1. The molecule has 1 heterocycles. The number of nitrogens with one attached hydrogen (secondary N) is 1. The number of unbranched alkanes of at least 4 members (excludes halogenated alkanes) is 1. The van der Waals surface area contributed by atoms with Gasteiger partial charge in [-0.3, -0.25) is 25.0 Å². The number of rotatable bonds is 7. The molecule has 32 heavy (non-hydrogen) atoms. The first-order valence-corrected chi connectivity index (χ1v) is 11.7. The Morgan fingerprint density at radius 2 is 1.78 bits per heavy atom. The van der Waals surface area contributed by atoms with Crippen LogP contribution in [0, 0.1) is 22.0 Å². The van der Waals surface area contributed by atoms with Crippen molar-refractivity contribution in [3.8, 4) is 17.6 Å². The van der Waals surface area contributed by atoms with E-state index in [0.717, 1.165) is 0 Å². The molecule has 1 aliphatic rings. The zero-order chi connectivity index (χ0) is 23.4. The fourth-order valence-corrected chi connectivity index (χ4v) is 6.44. The summed E-state index contributed by atoms with van der Waals surface area (Å²) in [7, 11) is -2.75. The van der Waals surface area contributed by atoms with E-state index < -0.39 is 30.0 Å². The van der Waals surface area contributed by atoms with Gasteiger partial charge >= 0.3 is 0 Å². The highest BCUT2D eigenvalue weighted by Crippen LogP contribution is 2.44. The Kier molecular flexibility index (Phi) is 6.86. The molecule has 1 fully saturated rings. The highest BCUT2D eigenvalue weighted by atomic mass is 32.3. The van der Waals surface area contributed by atoms with Crippen LogP contribution in [0.2, 0.25) is 0 Å². The predicted molar refractivity (Wildman–Crippen MR) is 118 cm³/mol. The van der Waals surface area contributed by atoms with Gasteiger partial charge in [-0.1, -0.05) is 11.8 Å². The Balaban J connectivity index is 1.76. The predicted octanol–water partition coefficient (Wildman–Crippen LogP) is 3.28. The lowest BCUT2D eigenvalue weighted by Gasteiger charge is -2.24. The third-order valence-corrected chi connectivity index (χ3v) is 8.81. The molecular formula is C21H18N2O7S2. The molecule has 166 valence electrons. The minimum Gasteiger partial charge on any atom is -0.497 e. The van der Waals surface area contributed by atoms with Gasteiger partial charge in [-0.15, -0.1) is 0 Å². The average molecular weight is 475 g/mol. The number of non-ortho nitro benzene ring substituents is 1. The quantitative estimate of drug-likeness (QED) is 0.280. The Hall–Kier alpha value is -3.36. The molecule has 1 atom stereocenters. The van der Waals surface area contributed by atoms with E-state index in [1.807, 2.05) is 0 Å². The number of sulfone groups is 1. The summed E-state index contributed by atoms with van der Waals surface area (Å²) in [6.07, 6.45) is 0.389. The first kappa shape index (κ1) is 23.3. The van der Waals surface area contributed by atoms with Crippen molar-refractivity contribution in [1.82, 2.24) is 5.32 Å². The Bertz CT molecular complexity index is 1210. The van der Waals surface area contributed by atoms with Crippen molar-refractivity contribution in [3.05, 3.63) is 64.2 Å². The van der Waals surface area contributed by atoms with Crippen LogP contribution in [-0.4, -0.2) is 35.7 Å². The van der Waals surface area contributed by atoms with Gasteiger partial charge in [0.15, 0.2) is 0 Å². The number of hydrogen-bond acceptors (Lipinski definition) is 8. The van der Waals surface area contributed by atoms with Crippen molar-refractivity contribution in [1.29, 1.82) is 0 Å². The highest BCUT2D eigenvalue weighted by Gasteiger charge is 2.57. The van der Waals surface area contributed by atoms with E-state index >= 15 is 0 Å². The molecule has 9 nitrogen and oxygen atoms in total. The van der Waals surface area contributed by atoms with E-state index in [1.165, 1.54) is 55.6 Å². The Labute approximate surface area is 188 Å². The van der Waals surface area contributed by atoms with Crippen LogP contribution in [0.25, 0.3) is 0 Å². The monoisotopic (exact) mass is 474 g/mol. The van der Waals surface area contributed by atoms with Gasteiger partial charge < -0.3 is 4.74 Å². The van der Waals surface area contributed by atoms with E-state index in [9.17, 15) is 28.1 Å². The van der Waals surface area contributed by atoms with Crippen molar-refractivity contribution in [3.63, 3.8) is 0 Å². The zero-order valence-electron chi connectivity index (χ0n) is 16.9. The minimum atomic E-state index is -4.20. The van der Waals surface area contributed by atoms with Crippen LogP contribution in [0.15, 0.2) is 53.4 Å². The molecule has 1 saturated heterocycles. The molecule has 0 spiro atoms. The minimum absolute atomic E-state index is 0.0461. The molecule has 1 aliphatic heterocycles. The first-order chi connectivity index (χ1) is 15.2. The third-order valence-electron chi connectivity index (χ3n) is 4.74. The number of nitrogens with zero attached hydrogens (tertiary/aromatic N) is 1. The van der Waals surface area contributed by atoms with E-state index in [4.69, 9.17) is 4.74 Å². The number of methoxy groups -OCH3 is 1. The van der Waals surface area contributed by atoms with Gasteiger partial charge in [-0.2, -0.15) is 0 Å². The lowest BCUT2D eigenvalue weighted by atomic mass is 10.1. The van der Waals surface area contributed by atoms with Crippen molar-refractivity contribution < 1.29 is 27.7 Å². The molecular weight excluding hydrogens is 456 g/mol. The molecule has 0 aliphatic carbocycles. The molecule has 3 rings (SSSR count). The second-order valence-corrected chi connectivity index (χ2v) is 10.4. The van der Waals surface area contributed by atoms with E-state index in [-0.39, 0.29) is 29.8 Å². The smallest absolute Gasteiger partial charge is 0.287 e. The summed E-state index contributed by atoms with van der Waals surface area (Å²) in [5.74, 6) is 5.30. The maximum atomic E-state index is 13.3. The van der Waals surface area contributed by atoms with E-state index in [0.29, 0.717) is 23.1 Å². The molecule has 1 unspecified atom stereocenters. The number of benzene rings is 2. The van der Waals surface area contributed by atoms with Gasteiger partial charge in [0.05, 0.1) is 16.9 Å². The zero-order valence-corrected chi connectivity index (χ0v) is 18.5. The van der Waals surface area contributed by atoms with Crippen LogP contribution in [0.5, 0.6) is 5.75 Å². The van der Waals surface area contributed by atoms with Crippen LogP contribution in [-0.2, 0) is 14.6 Å². The molecule has 11 heteroatoms. The lowest BCUT2D eigenvalue weighted by Crippen LogP contribution is -2.43. The van der Waals surface area contributed by atoms with Gasteiger partial charge in [-0.05, 0) is 61.0 Å². The van der Waals surface area contributed by atoms with Gasteiger partial charge in [0, 0.05) is 24.1 Å². The number of ether oxygens (including phenoxy) is 1. The number of nitro benzene ring substituents is 1. The third kappa shape index (κ3) is 4.61. The normalized spacial score (nSPS) is 17.9. The maximum absolute atomic E-state index is 13.3. The number of carbonyl (C=O) groups is 2. The summed E-state index contributed by atoms with van der Waals surface area (Å²) >= 11 is 0.461. The van der Waals surface area contributed by atoms with Crippen LogP contribution in [0.1, 0.15) is 24.8 Å². The number of carbonyl (C=O) groups excluding carboxylic acids is 2. The van der Waals surface area contributed by atoms with Gasteiger partial charge in [0.25, 0.3) is 16.8 Å². The van der Waals surface area contributed by atoms with Gasteiger partial charge in [0.2, 0.25) is 13.9 Å². The second-order valence-electron chi connectivity index (χ2n) is 6.73.